The summed E-state index contributed by atoms with van der Waals surface area (Å²) in [6.45, 7) is 5.23. The SMILES string of the molecule is CCCCOc1c(Cl)cc(C(=O)N2CCCC2C(=O)O)cc1OCC. The summed E-state index contributed by atoms with van der Waals surface area (Å²) in [4.78, 5) is 25.4. The van der Waals surface area contributed by atoms with Crippen LogP contribution in [0, 0.1) is 0 Å². The third kappa shape index (κ3) is 4.57. The number of ether oxygens (including phenoxy) is 2. The van der Waals surface area contributed by atoms with Gasteiger partial charge >= 0.3 is 5.97 Å². The van der Waals surface area contributed by atoms with E-state index < -0.39 is 12.0 Å². The van der Waals surface area contributed by atoms with E-state index >= 15 is 0 Å². The molecule has 0 aromatic heterocycles. The van der Waals surface area contributed by atoms with Gasteiger partial charge < -0.3 is 19.5 Å². The first-order valence-electron chi connectivity index (χ1n) is 8.62. The average Bonchev–Trinajstić information content (AvgIpc) is 3.06. The summed E-state index contributed by atoms with van der Waals surface area (Å²) in [7, 11) is 0. The summed E-state index contributed by atoms with van der Waals surface area (Å²) in [5.74, 6) is -0.514. The molecule has 25 heavy (non-hydrogen) atoms. The van der Waals surface area contributed by atoms with Gasteiger partial charge in [0.25, 0.3) is 5.91 Å². The number of amides is 1. The fourth-order valence-corrected chi connectivity index (χ4v) is 3.11. The molecule has 2 rings (SSSR count). The third-order valence-corrected chi connectivity index (χ3v) is 4.38. The molecule has 1 aromatic carbocycles. The van der Waals surface area contributed by atoms with Crippen LogP contribution in [-0.2, 0) is 4.79 Å². The van der Waals surface area contributed by atoms with Crippen molar-refractivity contribution < 1.29 is 24.2 Å². The van der Waals surface area contributed by atoms with Crippen LogP contribution in [0.15, 0.2) is 12.1 Å². The van der Waals surface area contributed by atoms with Crippen LogP contribution in [0.3, 0.4) is 0 Å². The summed E-state index contributed by atoms with van der Waals surface area (Å²) >= 11 is 6.31. The number of nitrogens with zero attached hydrogens (tertiary/aromatic N) is 1. The van der Waals surface area contributed by atoms with Crippen molar-refractivity contribution >= 4 is 23.5 Å². The number of aliphatic carboxylic acids is 1. The van der Waals surface area contributed by atoms with Crippen molar-refractivity contribution in [3.63, 3.8) is 0 Å². The second kappa shape index (κ2) is 8.94. The summed E-state index contributed by atoms with van der Waals surface area (Å²) < 4.78 is 11.3. The summed E-state index contributed by atoms with van der Waals surface area (Å²) in [5, 5.41) is 9.56. The van der Waals surface area contributed by atoms with E-state index in [4.69, 9.17) is 21.1 Å². The molecular formula is C18H24ClNO5. The van der Waals surface area contributed by atoms with Crippen LogP contribution in [0.25, 0.3) is 0 Å². The van der Waals surface area contributed by atoms with Crippen molar-refractivity contribution in [2.45, 2.75) is 45.6 Å². The molecule has 0 aliphatic carbocycles. The first-order valence-corrected chi connectivity index (χ1v) is 9.00. The highest BCUT2D eigenvalue weighted by atomic mass is 35.5. The predicted octanol–water partition coefficient (Wildman–Crippen LogP) is 3.61. The molecule has 1 unspecified atom stereocenters. The highest BCUT2D eigenvalue weighted by Crippen LogP contribution is 2.37. The number of unbranched alkanes of at least 4 members (excludes halogenated alkanes) is 1. The Balaban J connectivity index is 2.28. The Morgan fingerprint density at radius 1 is 1.32 bits per heavy atom. The monoisotopic (exact) mass is 369 g/mol. The van der Waals surface area contributed by atoms with Gasteiger partial charge in [0.2, 0.25) is 0 Å². The minimum Gasteiger partial charge on any atom is -0.490 e. The maximum absolute atomic E-state index is 12.7. The maximum Gasteiger partial charge on any atom is 0.326 e. The van der Waals surface area contributed by atoms with Crippen LogP contribution in [0.4, 0.5) is 0 Å². The molecule has 0 saturated carbocycles. The smallest absolute Gasteiger partial charge is 0.326 e. The minimum absolute atomic E-state index is 0.288. The molecule has 0 bridgehead atoms. The molecule has 0 spiro atoms. The number of rotatable bonds is 8. The van der Waals surface area contributed by atoms with Gasteiger partial charge in [0.1, 0.15) is 6.04 Å². The van der Waals surface area contributed by atoms with Gasteiger partial charge in [-0.3, -0.25) is 4.79 Å². The highest BCUT2D eigenvalue weighted by Gasteiger charge is 2.35. The van der Waals surface area contributed by atoms with Gasteiger partial charge in [0.05, 0.1) is 18.2 Å². The first kappa shape index (κ1) is 19.4. The topological polar surface area (TPSA) is 76.1 Å². The van der Waals surface area contributed by atoms with Crippen LogP contribution >= 0.6 is 11.6 Å². The normalized spacial score (nSPS) is 16.8. The number of carboxylic acid groups (broad SMARTS) is 1. The Labute approximate surface area is 152 Å². The molecule has 6 nitrogen and oxygen atoms in total. The van der Waals surface area contributed by atoms with Gasteiger partial charge in [-0.05, 0) is 38.3 Å². The predicted molar refractivity (Wildman–Crippen MR) is 94.7 cm³/mol. The van der Waals surface area contributed by atoms with Gasteiger partial charge in [-0.2, -0.15) is 0 Å². The molecule has 1 aromatic rings. The van der Waals surface area contributed by atoms with Gasteiger partial charge in [0.15, 0.2) is 11.5 Å². The van der Waals surface area contributed by atoms with Gasteiger partial charge in [-0.1, -0.05) is 24.9 Å². The lowest BCUT2D eigenvalue weighted by Crippen LogP contribution is -2.40. The van der Waals surface area contributed by atoms with Crippen molar-refractivity contribution in [1.29, 1.82) is 0 Å². The van der Waals surface area contributed by atoms with Crippen molar-refractivity contribution in [1.82, 2.24) is 4.90 Å². The standard InChI is InChI=1S/C18H24ClNO5/c1-3-5-9-25-16-13(19)10-12(11-15(16)24-4-2)17(21)20-8-6-7-14(20)18(22)23/h10-11,14H,3-9H2,1-2H3,(H,22,23). The lowest BCUT2D eigenvalue weighted by Gasteiger charge is -2.22. The molecule has 1 fully saturated rings. The van der Waals surface area contributed by atoms with E-state index in [9.17, 15) is 14.7 Å². The fraction of sp³-hybridized carbons (Fsp3) is 0.556. The molecule has 1 aliphatic rings. The van der Waals surface area contributed by atoms with Crippen molar-refractivity contribution in [2.75, 3.05) is 19.8 Å². The third-order valence-electron chi connectivity index (χ3n) is 4.10. The van der Waals surface area contributed by atoms with Crippen LogP contribution in [0.1, 0.15) is 49.9 Å². The van der Waals surface area contributed by atoms with E-state index in [2.05, 4.69) is 6.92 Å². The van der Waals surface area contributed by atoms with E-state index in [1.165, 1.54) is 11.0 Å². The van der Waals surface area contributed by atoms with Crippen molar-refractivity contribution in [3.8, 4) is 11.5 Å². The quantitative estimate of drug-likeness (QED) is 0.708. The molecule has 1 saturated heterocycles. The summed E-state index contributed by atoms with van der Waals surface area (Å²) in [6, 6.07) is 2.31. The lowest BCUT2D eigenvalue weighted by molar-refractivity contribution is -0.141. The van der Waals surface area contributed by atoms with E-state index in [0.29, 0.717) is 49.7 Å². The number of carbonyl (C=O) groups excluding carboxylic acids is 1. The second-order valence-electron chi connectivity index (χ2n) is 5.92. The molecule has 1 atom stereocenters. The second-order valence-corrected chi connectivity index (χ2v) is 6.32. The number of likely N-dealkylation sites (tertiary alicyclic amines) is 1. The minimum atomic E-state index is -0.985. The Morgan fingerprint density at radius 2 is 2.08 bits per heavy atom. The fourth-order valence-electron chi connectivity index (χ4n) is 2.85. The molecule has 138 valence electrons. The average molecular weight is 370 g/mol. The number of hydrogen-bond donors (Lipinski definition) is 1. The first-order chi connectivity index (χ1) is 12.0. The Hall–Kier alpha value is -1.95. The Morgan fingerprint density at radius 3 is 2.72 bits per heavy atom. The number of halogens is 1. The zero-order valence-corrected chi connectivity index (χ0v) is 15.3. The van der Waals surface area contributed by atoms with Gasteiger partial charge in [0, 0.05) is 12.1 Å². The largest absolute Gasteiger partial charge is 0.490 e. The van der Waals surface area contributed by atoms with Gasteiger partial charge in [-0.15, -0.1) is 0 Å². The zero-order chi connectivity index (χ0) is 18.4. The van der Waals surface area contributed by atoms with Crippen LogP contribution in [-0.4, -0.2) is 47.7 Å². The molecule has 7 heteroatoms. The number of carboxylic acids is 1. The highest BCUT2D eigenvalue weighted by molar-refractivity contribution is 6.32. The Bertz CT molecular complexity index is 634. The summed E-state index contributed by atoms with van der Waals surface area (Å²) in [5.41, 5.74) is 0.310. The van der Waals surface area contributed by atoms with Gasteiger partial charge in [-0.25, -0.2) is 4.79 Å². The summed E-state index contributed by atoms with van der Waals surface area (Å²) in [6.07, 6.45) is 3.01. The molecule has 0 radical (unpaired) electrons. The van der Waals surface area contributed by atoms with E-state index in [1.54, 1.807) is 6.07 Å². The number of carbonyl (C=O) groups is 2. The van der Waals surface area contributed by atoms with Crippen molar-refractivity contribution in [2.24, 2.45) is 0 Å². The molecular weight excluding hydrogens is 346 g/mol. The van der Waals surface area contributed by atoms with Crippen LogP contribution < -0.4 is 9.47 Å². The van der Waals surface area contributed by atoms with Crippen molar-refractivity contribution in [3.05, 3.63) is 22.7 Å². The molecule has 1 heterocycles. The molecule has 1 aliphatic heterocycles. The number of hydrogen-bond acceptors (Lipinski definition) is 4. The van der Waals surface area contributed by atoms with E-state index in [-0.39, 0.29) is 10.9 Å². The van der Waals surface area contributed by atoms with Crippen LogP contribution in [0.5, 0.6) is 11.5 Å². The van der Waals surface area contributed by atoms with Crippen LogP contribution in [0.2, 0.25) is 5.02 Å². The van der Waals surface area contributed by atoms with E-state index in [1.807, 2.05) is 6.92 Å². The number of benzene rings is 1. The molecule has 1 N–H and O–H groups in total. The lowest BCUT2D eigenvalue weighted by atomic mass is 10.1. The molecule has 1 amide bonds. The maximum atomic E-state index is 12.7. The zero-order valence-electron chi connectivity index (χ0n) is 14.6. The van der Waals surface area contributed by atoms with E-state index in [0.717, 1.165) is 12.8 Å². The Kier molecular flexibility index (Phi) is 6.93.